The van der Waals surface area contributed by atoms with Gasteiger partial charge in [-0.25, -0.2) is 0 Å². The van der Waals surface area contributed by atoms with Crippen LogP contribution >= 0.6 is 0 Å². The number of hydrogen-bond acceptors (Lipinski definition) is 2. The van der Waals surface area contributed by atoms with Crippen molar-refractivity contribution in [2.24, 2.45) is 0 Å². The van der Waals surface area contributed by atoms with E-state index < -0.39 is 6.04 Å². The van der Waals surface area contributed by atoms with Gasteiger partial charge in [-0.15, -0.1) is 0 Å². The topological polar surface area (TPSA) is 49.4 Å². The molecule has 0 aliphatic carbocycles. The molecule has 2 rings (SSSR count). The van der Waals surface area contributed by atoms with E-state index in [1.165, 1.54) is 11.1 Å². The van der Waals surface area contributed by atoms with Gasteiger partial charge in [0, 0.05) is 19.0 Å². The molecule has 4 heteroatoms. The summed E-state index contributed by atoms with van der Waals surface area (Å²) in [5.41, 5.74) is 3.53. The van der Waals surface area contributed by atoms with Gasteiger partial charge in [-0.1, -0.05) is 74.0 Å². The fraction of sp³-hybridized carbons (Fsp3) is 0.462. The van der Waals surface area contributed by atoms with Crippen molar-refractivity contribution in [3.63, 3.8) is 0 Å². The van der Waals surface area contributed by atoms with Crippen molar-refractivity contribution in [3.05, 3.63) is 71.3 Å². The van der Waals surface area contributed by atoms with E-state index in [9.17, 15) is 9.59 Å². The second-order valence-electron chi connectivity index (χ2n) is 8.05. The number of nitrogens with zero attached hydrogens (tertiary/aromatic N) is 1. The summed E-state index contributed by atoms with van der Waals surface area (Å²) in [4.78, 5) is 27.9. The number of carbonyl (C=O) groups is 2. The third-order valence-electron chi connectivity index (χ3n) is 5.62. The lowest BCUT2D eigenvalue weighted by atomic mass is 10.0. The van der Waals surface area contributed by atoms with Gasteiger partial charge in [0.15, 0.2) is 0 Å². The van der Waals surface area contributed by atoms with Crippen LogP contribution in [0.15, 0.2) is 54.6 Å². The first-order valence-electron chi connectivity index (χ1n) is 11.1. The molecule has 1 N–H and O–H groups in total. The molecule has 2 atom stereocenters. The third-order valence-corrected chi connectivity index (χ3v) is 5.62. The highest BCUT2D eigenvalue weighted by molar-refractivity contribution is 5.88. The largest absolute Gasteiger partial charge is 0.352 e. The molecule has 0 fully saturated rings. The van der Waals surface area contributed by atoms with Gasteiger partial charge in [0.05, 0.1) is 0 Å². The summed E-state index contributed by atoms with van der Waals surface area (Å²) < 4.78 is 0. The molecule has 2 aromatic carbocycles. The molecular weight excluding hydrogens is 372 g/mol. The van der Waals surface area contributed by atoms with Crippen LogP contribution in [0.4, 0.5) is 0 Å². The van der Waals surface area contributed by atoms with Crippen molar-refractivity contribution in [1.29, 1.82) is 0 Å². The van der Waals surface area contributed by atoms with Crippen LogP contribution in [0, 0.1) is 6.92 Å². The molecule has 2 amide bonds. The zero-order valence-corrected chi connectivity index (χ0v) is 18.9. The Morgan fingerprint density at radius 3 is 2.13 bits per heavy atom. The van der Waals surface area contributed by atoms with Gasteiger partial charge in [0.25, 0.3) is 0 Å². The Bertz CT molecular complexity index is 786. The van der Waals surface area contributed by atoms with E-state index >= 15 is 0 Å². The third kappa shape index (κ3) is 7.33. The maximum absolute atomic E-state index is 13.2. The van der Waals surface area contributed by atoms with E-state index in [-0.39, 0.29) is 17.9 Å². The first-order valence-corrected chi connectivity index (χ1v) is 11.1. The van der Waals surface area contributed by atoms with Gasteiger partial charge >= 0.3 is 0 Å². The number of amides is 2. The fourth-order valence-corrected chi connectivity index (χ4v) is 3.49. The molecule has 0 saturated heterocycles. The summed E-state index contributed by atoms with van der Waals surface area (Å²) in [7, 11) is 0. The standard InChI is InChI=1S/C26H36N2O2/c1-5-21(4)27-26(30)24(6-2)28(19-18-22-10-8-7-9-11-22)25(29)17-16-23-14-12-20(3)13-15-23/h7-15,21,24H,5-6,16-19H2,1-4H3,(H,27,30)/t21-,24+/m1/s1. The second kappa shape index (κ2) is 12.2. The summed E-state index contributed by atoms with van der Waals surface area (Å²) >= 11 is 0. The van der Waals surface area contributed by atoms with Crippen LogP contribution < -0.4 is 5.32 Å². The van der Waals surface area contributed by atoms with Crippen LogP contribution in [0.2, 0.25) is 0 Å². The molecular formula is C26H36N2O2. The molecule has 0 aliphatic heterocycles. The molecule has 0 bridgehead atoms. The Hall–Kier alpha value is -2.62. The van der Waals surface area contributed by atoms with Crippen molar-refractivity contribution >= 4 is 11.8 Å². The SMILES string of the molecule is CC[C@@H](C)NC(=O)[C@H](CC)N(CCc1ccccc1)C(=O)CCc1ccc(C)cc1. The van der Waals surface area contributed by atoms with E-state index in [0.29, 0.717) is 25.8 Å². The molecule has 4 nitrogen and oxygen atoms in total. The first-order chi connectivity index (χ1) is 14.4. The van der Waals surface area contributed by atoms with Gasteiger partial charge in [-0.3, -0.25) is 9.59 Å². The molecule has 162 valence electrons. The summed E-state index contributed by atoms with van der Waals surface area (Å²) in [5.74, 6) is -0.0127. The minimum absolute atomic E-state index is 0.0395. The number of nitrogens with one attached hydrogen (secondary N) is 1. The van der Waals surface area contributed by atoms with E-state index in [4.69, 9.17) is 0 Å². The van der Waals surface area contributed by atoms with Crippen molar-refractivity contribution < 1.29 is 9.59 Å². The van der Waals surface area contributed by atoms with Crippen LogP contribution in [0.25, 0.3) is 0 Å². The highest BCUT2D eigenvalue weighted by Crippen LogP contribution is 2.13. The van der Waals surface area contributed by atoms with Crippen LogP contribution in [0.3, 0.4) is 0 Å². The summed E-state index contributed by atoms with van der Waals surface area (Å²) in [5, 5.41) is 3.06. The van der Waals surface area contributed by atoms with Gasteiger partial charge < -0.3 is 10.2 Å². The molecule has 0 radical (unpaired) electrons. The Labute approximate surface area is 181 Å². The summed E-state index contributed by atoms with van der Waals surface area (Å²) in [6.45, 7) is 8.62. The second-order valence-corrected chi connectivity index (χ2v) is 8.05. The Morgan fingerprint density at radius 2 is 1.53 bits per heavy atom. The zero-order valence-electron chi connectivity index (χ0n) is 18.9. The van der Waals surface area contributed by atoms with E-state index in [0.717, 1.165) is 18.4 Å². The van der Waals surface area contributed by atoms with Crippen molar-refractivity contribution in [2.45, 2.75) is 71.9 Å². The maximum atomic E-state index is 13.2. The lowest BCUT2D eigenvalue weighted by Crippen LogP contribution is -2.51. The average Bonchev–Trinajstić information content (AvgIpc) is 2.76. The smallest absolute Gasteiger partial charge is 0.243 e. The highest BCUT2D eigenvalue weighted by Gasteiger charge is 2.28. The lowest BCUT2D eigenvalue weighted by Gasteiger charge is -2.31. The lowest BCUT2D eigenvalue weighted by molar-refractivity contribution is -0.141. The van der Waals surface area contributed by atoms with Crippen LogP contribution in [-0.4, -0.2) is 35.3 Å². The van der Waals surface area contributed by atoms with Crippen molar-refractivity contribution in [1.82, 2.24) is 10.2 Å². The van der Waals surface area contributed by atoms with Gasteiger partial charge in [-0.2, -0.15) is 0 Å². The van der Waals surface area contributed by atoms with Gasteiger partial charge in [0.1, 0.15) is 6.04 Å². The van der Waals surface area contributed by atoms with Crippen molar-refractivity contribution in [2.75, 3.05) is 6.54 Å². The van der Waals surface area contributed by atoms with E-state index in [1.807, 2.05) is 39.0 Å². The Kier molecular flexibility index (Phi) is 9.59. The monoisotopic (exact) mass is 408 g/mol. The average molecular weight is 409 g/mol. The number of aryl methyl sites for hydroxylation is 2. The highest BCUT2D eigenvalue weighted by atomic mass is 16.2. The predicted molar refractivity (Wildman–Crippen MR) is 123 cm³/mol. The number of carbonyl (C=O) groups excluding carboxylic acids is 2. The summed E-state index contributed by atoms with van der Waals surface area (Å²) in [6, 6.07) is 18.1. The van der Waals surface area contributed by atoms with Gasteiger partial charge in [0.2, 0.25) is 11.8 Å². The van der Waals surface area contributed by atoms with Crippen LogP contribution in [0.1, 0.15) is 56.7 Å². The van der Waals surface area contributed by atoms with Gasteiger partial charge in [-0.05, 0) is 50.7 Å². The quantitative estimate of drug-likeness (QED) is 0.586. The normalized spacial score (nSPS) is 12.8. The maximum Gasteiger partial charge on any atom is 0.243 e. The molecule has 2 aromatic rings. The number of hydrogen-bond donors (Lipinski definition) is 1. The predicted octanol–water partition coefficient (Wildman–Crippen LogP) is 4.69. The Balaban J connectivity index is 2.11. The van der Waals surface area contributed by atoms with Crippen LogP contribution in [0.5, 0.6) is 0 Å². The molecule has 0 unspecified atom stereocenters. The fourth-order valence-electron chi connectivity index (χ4n) is 3.49. The minimum Gasteiger partial charge on any atom is -0.352 e. The van der Waals surface area contributed by atoms with E-state index in [2.05, 4.69) is 48.6 Å². The molecule has 0 aliphatic rings. The van der Waals surface area contributed by atoms with Crippen molar-refractivity contribution in [3.8, 4) is 0 Å². The number of benzene rings is 2. The van der Waals surface area contributed by atoms with E-state index in [1.54, 1.807) is 4.90 Å². The number of rotatable bonds is 11. The molecule has 0 aromatic heterocycles. The molecule has 30 heavy (non-hydrogen) atoms. The zero-order chi connectivity index (χ0) is 21.9. The molecule has 0 saturated carbocycles. The summed E-state index contributed by atoms with van der Waals surface area (Å²) in [6.07, 6.45) is 3.31. The Morgan fingerprint density at radius 1 is 0.900 bits per heavy atom. The molecule has 0 heterocycles. The molecule has 0 spiro atoms. The first kappa shape index (κ1) is 23.7. The minimum atomic E-state index is -0.437. The van der Waals surface area contributed by atoms with Crippen LogP contribution in [-0.2, 0) is 22.4 Å².